The van der Waals surface area contributed by atoms with E-state index < -0.39 is 6.10 Å². The lowest BCUT2D eigenvalue weighted by Gasteiger charge is -2.18. The van der Waals surface area contributed by atoms with Crippen molar-refractivity contribution >= 4 is 17.9 Å². The predicted molar refractivity (Wildman–Crippen MR) is 265 cm³/mol. The fraction of sp³-hybridized carbons (Fsp3) is 0.804. The highest BCUT2D eigenvalue weighted by Crippen LogP contribution is 2.16. The van der Waals surface area contributed by atoms with Gasteiger partial charge in [-0.05, 0) is 70.6 Å². The molecule has 0 radical (unpaired) electrons. The second kappa shape index (κ2) is 51.0. The Morgan fingerprint density at radius 3 is 1.08 bits per heavy atom. The van der Waals surface area contributed by atoms with Crippen LogP contribution in [0.2, 0.25) is 0 Å². The number of allylic oxidation sites excluding steroid dienone is 8. The number of ether oxygens (including phenoxy) is 3. The van der Waals surface area contributed by atoms with Crippen LogP contribution in [-0.4, -0.2) is 37.2 Å². The maximum Gasteiger partial charge on any atom is 0.306 e. The first-order valence-corrected chi connectivity index (χ1v) is 26.6. The minimum absolute atomic E-state index is 0.0854. The van der Waals surface area contributed by atoms with Gasteiger partial charge in [0.1, 0.15) is 13.2 Å². The van der Waals surface area contributed by atoms with Gasteiger partial charge < -0.3 is 14.2 Å². The lowest BCUT2D eigenvalue weighted by molar-refractivity contribution is -0.167. The average Bonchev–Trinajstić information content (AvgIpc) is 3.27. The standard InChI is InChI=1S/C56H100O6/c1-4-7-10-13-16-19-22-24-25-26-27-28-29-30-31-33-34-37-40-43-46-49-55(58)61-52-53(51-60-54(57)48-45-42-39-36-21-18-15-12-9-6-3)62-56(59)50-47-44-41-38-35-32-23-20-17-14-11-8-5-2/h8,11-12,15,17,20,32,35,53H,4-7,9-10,13-14,16,18-19,21-31,33-34,36-52H2,1-3H3/b11-8-,15-12-,20-17-,35-32-. The van der Waals surface area contributed by atoms with Gasteiger partial charge in [0.15, 0.2) is 6.10 Å². The van der Waals surface area contributed by atoms with Gasteiger partial charge in [0.2, 0.25) is 0 Å². The van der Waals surface area contributed by atoms with Gasteiger partial charge in [-0.25, -0.2) is 0 Å². The molecular weight excluding hydrogens is 769 g/mol. The summed E-state index contributed by atoms with van der Waals surface area (Å²) in [6, 6.07) is 0. The molecule has 6 heteroatoms. The van der Waals surface area contributed by atoms with Crippen molar-refractivity contribution in [3.63, 3.8) is 0 Å². The van der Waals surface area contributed by atoms with Crippen molar-refractivity contribution in [1.29, 1.82) is 0 Å². The van der Waals surface area contributed by atoms with Crippen LogP contribution in [0.1, 0.15) is 271 Å². The Hall–Kier alpha value is -2.63. The Bertz CT molecular complexity index is 1090. The van der Waals surface area contributed by atoms with E-state index in [0.29, 0.717) is 19.3 Å². The summed E-state index contributed by atoms with van der Waals surface area (Å²) >= 11 is 0. The van der Waals surface area contributed by atoms with Gasteiger partial charge in [0.25, 0.3) is 0 Å². The van der Waals surface area contributed by atoms with Gasteiger partial charge in [0, 0.05) is 19.3 Å². The topological polar surface area (TPSA) is 78.9 Å². The second-order valence-electron chi connectivity index (χ2n) is 17.8. The van der Waals surface area contributed by atoms with Crippen LogP contribution in [0.25, 0.3) is 0 Å². The maximum absolute atomic E-state index is 12.8. The number of carbonyl (C=O) groups excluding carboxylic acids is 3. The van der Waals surface area contributed by atoms with Gasteiger partial charge in [-0.3, -0.25) is 14.4 Å². The van der Waals surface area contributed by atoms with E-state index in [9.17, 15) is 14.4 Å². The highest BCUT2D eigenvalue weighted by atomic mass is 16.6. The molecule has 0 saturated carbocycles. The second-order valence-corrected chi connectivity index (χ2v) is 17.8. The molecule has 0 aliphatic heterocycles. The van der Waals surface area contributed by atoms with E-state index in [4.69, 9.17) is 14.2 Å². The third-order valence-electron chi connectivity index (χ3n) is 11.5. The predicted octanol–water partition coefficient (Wildman–Crippen LogP) is 17.5. The average molecular weight is 869 g/mol. The summed E-state index contributed by atoms with van der Waals surface area (Å²) < 4.78 is 16.7. The van der Waals surface area contributed by atoms with Gasteiger partial charge in [-0.1, -0.05) is 230 Å². The van der Waals surface area contributed by atoms with Gasteiger partial charge in [-0.2, -0.15) is 0 Å². The molecule has 0 spiro atoms. The molecule has 0 aromatic heterocycles. The summed E-state index contributed by atoms with van der Waals surface area (Å²) in [5.74, 6) is -0.918. The molecule has 0 bridgehead atoms. The fourth-order valence-electron chi connectivity index (χ4n) is 7.58. The van der Waals surface area contributed by atoms with Crippen LogP contribution in [0.5, 0.6) is 0 Å². The fourth-order valence-corrected chi connectivity index (χ4v) is 7.58. The van der Waals surface area contributed by atoms with E-state index in [1.807, 2.05) is 0 Å². The molecule has 0 amide bonds. The summed E-state index contributed by atoms with van der Waals surface area (Å²) in [4.78, 5) is 37.9. The van der Waals surface area contributed by atoms with E-state index in [2.05, 4.69) is 69.4 Å². The Morgan fingerprint density at radius 1 is 0.339 bits per heavy atom. The molecule has 0 aromatic rings. The zero-order valence-corrected chi connectivity index (χ0v) is 41.1. The SMILES string of the molecule is CC/C=C\C/C=C\C/C=C\CCCCCC(=O)OC(COC(=O)CCCCCCC/C=C\CCC)COC(=O)CCCCCCCCCCCCCCCCCCCCCCC. The molecule has 1 atom stereocenters. The summed E-state index contributed by atoms with van der Waals surface area (Å²) in [5, 5.41) is 0. The monoisotopic (exact) mass is 869 g/mol. The Balaban J connectivity index is 4.26. The molecule has 0 heterocycles. The number of hydrogen-bond acceptors (Lipinski definition) is 6. The highest BCUT2D eigenvalue weighted by Gasteiger charge is 2.19. The van der Waals surface area contributed by atoms with Crippen molar-refractivity contribution < 1.29 is 28.6 Å². The Kier molecular flexibility index (Phi) is 48.8. The number of unbranched alkanes of at least 4 members (excludes halogenated alkanes) is 29. The first-order chi connectivity index (χ1) is 30.5. The minimum atomic E-state index is -0.788. The Labute approximate surface area is 384 Å². The molecule has 0 aliphatic rings. The van der Waals surface area contributed by atoms with Crippen LogP contribution >= 0.6 is 0 Å². The molecule has 62 heavy (non-hydrogen) atoms. The molecule has 360 valence electrons. The van der Waals surface area contributed by atoms with Crippen molar-refractivity contribution in [1.82, 2.24) is 0 Å². The number of hydrogen-bond donors (Lipinski definition) is 0. The van der Waals surface area contributed by atoms with Crippen molar-refractivity contribution in [3.05, 3.63) is 48.6 Å². The minimum Gasteiger partial charge on any atom is -0.462 e. The summed E-state index contributed by atoms with van der Waals surface area (Å²) in [7, 11) is 0. The van der Waals surface area contributed by atoms with E-state index in [1.165, 1.54) is 135 Å². The Morgan fingerprint density at radius 2 is 0.661 bits per heavy atom. The third kappa shape index (κ3) is 48.4. The van der Waals surface area contributed by atoms with E-state index in [0.717, 1.165) is 96.3 Å². The largest absolute Gasteiger partial charge is 0.462 e. The zero-order chi connectivity index (χ0) is 45.1. The van der Waals surface area contributed by atoms with Gasteiger partial charge >= 0.3 is 17.9 Å². The molecule has 0 aromatic carbocycles. The number of esters is 3. The number of carbonyl (C=O) groups is 3. The molecule has 0 saturated heterocycles. The number of rotatable bonds is 48. The highest BCUT2D eigenvalue weighted by molar-refractivity contribution is 5.71. The summed E-state index contributed by atoms with van der Waals surface area (Å²) in [6.45, 7) is 6.45. The molecule has 0 fully saturated rings. The smallest absolute Gasteiger partial charge is 0.306 e. The summed E-state index contributed by atoms with van der Waals surface area (Å²) in [6.07, 6.45) is 61.2. The normalized spacial score (nSPS) is 12.4. The van der Waals surface area contributed by atoms with Crippen LogP contribution in [0, 0.1) is 0 Å². The first kappa shape index (κ1) is 59.4. The van der Waals surface area contributed by atoms with Crippen LogP contribution in [-0.2, 0) is 28.6 Å². The molecule has 0 rings (SSSR count). The molecular formula is C56H100O6. The van der Waals surface area contributed by atoms with E-state index in [-0.39, 0.29) is 31.1 Å². The van der Waals surface area contributed by atoms with Crippen LogP contribution in [0.15, 0.2) is 48.6 Å². The lowest BCUT2D eigenvalue weighted by Crippen LogP contribution is -2.30. The van der Waals surface area contributed by atoms with Crippen LogP contribution < -0.4 is 0 Å². The van der Waals surface area contributed by atoms with Gasteiger partial charge in [-0.15, -0.1) is 0 Å². The van der Waals surface area contributed by atoms with Crippen molar-refractivity contribution in [3.8, 4) is 0 Å². The van der Waals surface area contributed by atoms with Crippen molar-refractivity contribution in [2.24, 2.45) is 0 Å². The molecule has 6 nitrogen and oxygen atoms in total. The van der Waals surface area contributed by atoms with Gasteiger partial charge in [0.05, 0.1) is 0 Å². The quantitative estimate of drug-likeness (QED) is 0.0262. The maximum atomic E-state index is 12.8. The molecule has 0 N–H and O–H groups in total. The molecule has 1 unspecified atom stereocenters. The van der Waals surface area contributed by atoms with Crippen molar-refractivity contribution in [2.45, 2.75) is 277 Å². The molecule has 0 aliphatic carbocycles. The first-order valence-electron chi connectivity index (χ1n) is 26.6. The van der Waals surface area contributed by atoms with E-state index in [1.54, 1.807) is 0 Å². The van der Waals surface area contributed by atoms with E-state index >= 15 is 0 Å². The third-order valence-corrected chi connectivity index (χ3v) is 11.5. The van der Waals surface area contributed by atoms with Crippen molar-refractivity contribution in [2.75, 3.05) is 13.2 Å². The zero-order valence-electron chi connectivity index (χ0n) is 41.1. The lowest BCUT2D eigenvalue weighted by atomic mass is 10.0. The van der Waals surface area contributed by atoms with Crippen LogP contribution in [0.3, 0.4) is 0 Å². The van der Waals surface area contributed by atoms with Crippen LogP contribution in [0.4, 0.5) is 0 Å². The summed E-state index contributed by atoms with van der Waals surface area (Å²) in [5.41, 5.74) is 0.